The van der Waals surface area contributed by atoms with E-state index in [1.54, 1.807) is 7.11 Å². The van der Waals surface area contributed by atoms with Crippen molar-refractivity contribution in [1.29, 1.82) is 0 Å². The maximum atomic E-state index is 12.5. The van der Waals surface area contributed by atoms with Crippen LogP contribution in [-0.4, -0.2) is 94.1 Å². The van der Waals surface area contributed by atoms with Crippen LogP contribution in [0.25, 0.3) is 0 Å². The van der Waals surface area contributed by atoms with E-state index in [4.69, 9.17) is 18.9 Å². The van der Waals surface area contributed by atoms with Crippen LogP contribution in [0.15, 0.2) is 48.2 Å². The number of likely N-dealkylation sites (tertiary alicyclic amines) is 2. The summed E-state index contributed by atoms with van der Waals surface area (Å²) in [4.78, 5) is 17.6. The molecule has 3 heterocycles. The van der Waals surface area contributed by atoms with Crippen molar-refractivity contribution in [2.24, 2.45) is 5.92 Å². The molecule has 45 heavy (non-hydrogen) atoms. The molecule has 0 saturated carbocycles. The third kappa shape index (κ3) is 5.33. The van der Waals surface area contributed by atoms with Gasteiger partial charge in [-0.25, -0.2) is 0 Å². The van der Waals surface area contributed by atoms with Crippen molar-refractivity contribution in [3.63, 3.8) is 0 Å². The Morgan fingerprint density at radius 3 is 2.78 bits per heavy atom. The van der Waals surface area contributed by atoms with Gasteiger partial charge in [0, 0.05) is 42.2 Å². The average molecular weight is 616 g/mol. The smallest absolute Gasteiger partial charge is 0.251 e. The highest BCUT2D eigenvalue weighted by Crippen LogP contribution is 2.64. The summed E-state index contributed by atoms with van der Waals surface area (Å²) in [5.74, 6) is 2.86. The Morgan fingerprint density at radius 1 is 1.13 bits per heavy atom. The number of allylic oxidation sites excluding steroid dienone is 1. The topological polar surface area (TPSA) is 72.5 Å². The molecule has 2 aromatic carbocycles. The molecule has 1 amide bonds. The number of carbonyl (C=O) groups is 1. The third-order valence-corrected chi connectivity index (χ3v) is 11.4. The van der Waals surface area contributed by atoms with Crippen molar-refractivity contribution >= 4 is 5.91 Å². The first-order chi connectivity index (χ1) is 21.9. The second-order valence-electron chi connectivity index (χ2n) is 13.7. The van der Waals surface area contributed by atoms with Gasteiger partial charge < -0.3 is 34.1 Å². The first kappa shape index (κ1) is 30.6. The quantitative estimate of drug-likeness (QED) is 0.341. The lowest BCUT2D eigenvalue weighted by Gasteiger charge is -2.57. The molecule has 2 bridgehead atoms. The molecule has 0 radical (unpaired) electrons. The minimum Gasteiger partial charge on any atom is -0.493 e. The zero-order chi connectivity index (χ0) is 31.1. The molecule has 1 N–H and O–H groups in total. The summed E-state index contributed by atoms with van der Waals surface area (Å²) >= 11 is 0. The molecule has 1 spiro atoms. The number of benzene rings is 2. The van der Waals surface area contributed by atoms with Gasteiger partial charge in [0.2, 0.25) is 0 Å². The minimum atomic E-state index is -0.0625. The summed E-state index contributed by atoms with van der Waals surface area (Å²) in [5, 5.41) is 2.96. The van der Waals surface area contributed by atoms with Gasteiger partial charge in [-0.1, -0.05) is 38.1 Å². The van der Waals surface area contributed by atoms with Crippen LogP contribution in [0, 0.1) is 5.92 Å². The number of piperidine rings is 1. The lowest BCUT2D eigenvalue weighted by Crippen LogP contribution is -2.64. The molecule has 0 aromatic heterocycles. The van der Waals surface area contributed by atoms with Crippen LogP contribution in [-0.2, 0) is 21.3 Å². The van der Waals surface area contributed by atoms with Crippen LogP contribution in [0.3, 0.4) is 0 Å². The number of carbonyl (C=O) groups excluding carboxylic acids is 1. The SMILES string of the molecule is CCC(C)c1ccc(C(=O)NCCOCCOC2CCN(C3=CCC4[C@H]5Cc6ccc(OC)c7c6[C@@]4(CCN5C)[C@H]3O7)C2)cc1. The predicted octanol–water partition coefficient (Wildman–Crippen LogP) is 4.91. The summed E-state index contributed by atoms with van der Waals surface area (Å²) in [5.41, 5.74) is 6.20. The van der Waals surface area contributed by atoms with Gasteiger partial charge >= 0.3 is 0 Å². The van der Waals surface area contributed by atoms with E-state index >= 15 is 0 Å². The standard InChI is InChI=1S/C37H49N3O5/c1-5-24(2)25-6-8-26(9-7-25)36(41)38-16-19-43-20-21-44-28-14-17-40(23-28)30-12-11-29-31-22-27-10-13-32(42-4)34-33(27)37(29,35(30)45-34)15-18-39(31)3/h6-10,12-13,24,28-29,31,35H,5,11,14-23H2,1-4H3,(H,38,41)/t24?,28?,29?,31-,35+,37+/m1/s1. The fraction of sp³-hybridized carbons (Fsp3) is 0.595. The highest BCUT2D eigenvalue weighted by Gasteiger charge is 2.64. The number of hydrogen-bond acceptors (Lipinski definition) is 7. The number of ether oxygens (including phenoxy) is 4. The molecular weight excluding hydrogens is 566 g/mol. The Hall–Kier alpha value is -3.07. The molecule has 242 valence electrons. The van der Waals surface area contributed by atoms with E-state index in [-0.39, 0.29) is 23.5 Å². The lowest BCUT2D eigenvalue weighted by molar-refractivity contribution is -0.0195. The van der Waals surface area contributed by atoms with Crippen molar-refractivity contribution in [3.8, 4) is 11.5 Å². The minimum absolute atomic E-state index is 0.0258. The largest absolute Gasteiger partial charge is 0.493 e. The number of nitrogens with one attached hydrogen (secondary N) is 1. The molecule has 2 saturated heterocycles. The van der Waals surface area contributed by atoms with Crippen LogP contribution in [0.2, 0.25) is 0 Å². The summed E-state index contributed by atoms with van der Waals surface area (Å²) < 4.78 is 24.8. The highest BCUT2D eigenvalue weighted by molar-refractivity contribution is 5.94. The molecule has 2 aliphatic carbocycles. The van der Waals surface area contributed by atoms with E-state index in [0.717, 1.165) is 63.2 Å². The Bertz CT molecular complexity index is 1430. The predicted molar refractivity (Wildman–Crippen MR) is 174 cm³/mol. The summed E-state index contributed by atoms with van der Waals surface area (Å²) in [6, 6.07) is 12.9. The number of likely N-dealkylation sites (N-methyl/N-ethyl adjacent to an activating group) is 1. The molecule has 2 aromatic rings. The van der Waals surface area contributed by atoms with Crippen molar-refractivity contribution in [2.45, 2.75) is 75.5 Å². The first-order valence-electron chi connectivity index (χ1n) is 17.0. The van der Waals surface area contributed by atoms with Gasteiger partial charge in [0.25, 0.3) is 5.91 Å². The average Bonchev–Trinajstić information content (AvgIpc) is 3.68. The number of hydrogen-bond donors (Lipinski definition) is 1. The second-order valence-corrected chi connectivity index (χ2v) is 13.7. The number of amides is 1. The van der Waals surface area contributed by atoms with E-state index in [1.165, 1.54) is 22.4 Å². The Balaban J connectivity index is 0.894. The Kier molecular flexibility index (Phi) is 8.57. The van der Waals surface area contributed by atoms with Crippen molar-refractivity contribution < 1.29 is 23.7 Å². The van der Waals surface area contributed by atoms with Crippen molar-refractivity contribution in [1.82, 2.24) is 15.1 Å². The van der Waals surface area contributed by atoms with Crippen LogP contribution in [0.4, 0.5) is 0 Å². The van der Waals surface area contributed by atoms with Gasteiger partial charge in [-0.2, -0.15) is 0 Å². The maximum Gasteiger partial charge on any atom is 0.251 e. The van der Waals surface area contributed by atoms with Gasteiger partial charge in [-0.05, 0) is 86.9 Å². The summed E-state index contributed by atoms with van der Waals surface area (Å²) in [6.45, 7) is 9.35. The van der Waals surface area contributed by atoms with Gasteiger partial charge in [-0.15, -0.1) is 0 Å². The zero-order valence-electron chi connectivity index (χ0n) is 27.3. The van der Waals surface area contributed by atoms with Crippen LogP contribution in [0.5, 0.6) is 11.5 Å². The maximum absolute atomic E-state index is 12.5. The van der Waals surface area contributed by atoms with Gasteiger partial charge in [-0.3, -0.25) is 4.79 Å². The van der Waals surface area contributed by atoms with E-state index in [0.29, 0.717) is 49.8 Å². The van der Waals surface area contributed by atoms with Crippen molar-refractivity contribution in [2.75, 3.05) is 60.2 Å². The molecule has 3 aliphatic heterocycles. The summed E-state index contributed by atoms with van der Waals surface area (Å²) in [6.07, 6.45) is 8.08. The highest BCUT2D eigenvalue weighted by atomic mass is 16.5. The van der Waals surface area contributed by atoms with Crippen molar-refractivity contribution in [3.05, 3.63) is 70.4 Å². The Morgan fingerprint density at radius 2 is 1.98 bits per heavy atom. The number of rotatable bonds is 12. The molecule has 2 fully saturated rings. The molecular formula is C37H49N3O5. The third-order valence-electron chi connectivity index (χ3n) is 11.4. The Labute approximate surface area is 268 Å². The van der Waals surface area contributed by atoms with Gasteiger partial charge in [0.15, 0.2) is 11.5 Å². The number of methoxy groups -OCH3 is 1. The molecule has 3 unspecified atom stereocenters. The number of nitrogens with zero attached hydrogens (tertiary/aromatic N) is 2. The van der Waals surface area contributed by atoms with Crippen LogP contribution < -0.4 is 14.8 Å². The normalized spacial score (nSPS) is 28.7. The summed E-state index contributed by atoms with van der Waals surface area (Å²) in [7, 11) is 4.05. The molecule has 8 heteroatoms. The van der Waals surface area contributed by atoms with Gasteiger partial charge in [0.1, 0.15) is 6.10 Å². The molecule has 5 aliphatic rings. The molecule has 8 nitrogen and oxygen atoms in total. The zero-order valence-corrected chi connectivity index (χ0v) is 27.3. The van der Waals surface area contributed by atoms with E-state index in [9.17, 15) is 4.79 Å². The van der Waals surface area contributed by atoms with Crippen LogP contribution >= 0.6 is 0 Å². The van der Waals surface area contributed by atoms with E-state index in [1.807, 2.05) is 12.1 Å². The molecule has 6 atom stereocenters. The first-order valence-corrected chi connectivity index (χ1v) is 17.0. The van der Waals surface area contributed by atoms with Gasteiger partial charge in [0.05, 0.1) is 38.7 Å². The lowest BCUT2D eigenvalue weighted by atomic mass is 9.52. The van der Waals surface area contributed by atoms with E-state index in [2.05, 4.69) is 66.4 Å². The van der Waals surface area contributed by atoms with Crippen LogP contribution in [0.1, 0.15) is 72.5 Å². The van der Waals surface area contributed by atoms with E-state index < -0.39 is 0 Å². The fourth-order valence-electron chi connectivity index (χ4n) is 8.79. The monoisotopic (exact) mass is 615 g/mol. The fourth-order valence-corrected chi connectivity index (χ4v) is 8.79. The molecule has 7 rings (SSSR count). The second kappa shape index (κ2) is 12.6.